The van der Waals surface area contributed by atoms with Crippen LogP contribution >= 0.6 is 0 Å². The standard InChI is InChI=1S/C9H13N2/c1-4-11(3)9-6-5-7-10-8(9)2/h5,7H,4H2,1-3H3. The largest absolute Gasteiger partial charge is 0.373 e. The van der Waals surface area contributed by atoms with Gasteiger partial charge >= 0.3 is 0 Å². The van der Waals surface area contributed by atoms with Crippen LogP contribution in [-0.2, 0) is 0 Å². The molecule has 1 rings (SSSR count). The number of anilines is 1. The fourth-order valence-corrected chi connectivity index (χ4v) is 0.975. The number of nitrogens with zero attached hydrogens (tertiary/aromatic N) is 2. The summed E-state index contributed by atoms with van der Waals surface area (Å²) < 4.78 is 0. The van der Waals surface area contributed by atoms with Gasteiger partial charge in [-0.3, -0.25) is 4.98 Å². The zero-order valence-electron chi connectivity index (χ0n) is 7.26. The quantitative estimate of drug-likeness (QED) is 0.635. The molecule has 2 heteroatoms. The van der Waals surface area contributed by atoms with Gasteiger partial charge in [-0.1, -0.05) is 0 Å². The highest BCUT2D eigenvalue weighted by Crippen LogP contribution is 2.13. The lowest BCUT2D eigenvalue weighted by Crippen LogP contribution is -2.17. The van der Waals surface area contributed by atoms with E-state index >= 15 is 0 Å². The topological polar surface area (TPSA) is 16.1 Å². The molecule has 0 aliphatic rings. The molecule has 0 spiro atoms. The highest BCUT2D eigenvalue weighted by atomic mass is 15.1. The van der Waals surface area contributed by atoms with Gasteiger partial charge < -0.3 is 4.90 Å². The summed E-state index contributed by atoms with van der Waals surface area (Å²) in [7, 11) is 2.04. The summed E-state index contributed by atoms with van der Waals surface area (Å²) in [4.78, 5) is 6.30. The number of rotatable bonds is 2. The Kier molecular flexibility index (Phi) is 2.47. The van der Waals surface area contributed by atoms with Crippen LogP contribution in [0, 0.1) is 13.0 Å². The van der Waals surface area contributed by atoms with Crippen molar-refractivity contribution in [2.75, 3.05) is 18.5 Å². The molecule has 1 aromatic rings. The molecule has 0 bridgehead atoms. The van der Waals surface area contributed by atoms with E-state index in [0.717, 1.165) is 17.9 Å². The van der Waals surface area contributed by atoms with Gasteiger partial charge in [0.15, 0.2) is 0 Å². The molecule has 0 amide bonds. The highest BCUT2D eigenvalue weighted by Gasteiger charge is 2.00. The van der Waals surface area contributed by atoms with Crippen molar-refractivity contribution in [1.82, 2.24) is 4.98 Å². The molecule has 1 radical (unpaired) electrons. The lowest BCUT2D eigenvalue weighted by atomic mass is 10.3. The van der Waals surface area contributed by atoms with E-state index < -0.39 is 0 Å². The molecule has 59 valence electrons. The van der Waals surface area contributed by atoms with E-state index in [1.54, 1.807) is 6.20 Å². The summed E-state index contributed by atoms with van der Waals surface area (Å²) >= 11 is 0. The van der Waals surface area contributed by atoms with Crippen molar-refractivity contribution in [2.24, 2.45) is 0 Å². The van der Waals surface area contributed by atoms with Crippen LogP contribution in [0.3, 0.4) is 0 Å². The number of hydrogen-bond donors (Lipinski definition) is 0. The summed E-state index contributed by atoms with van der Waals surface area (Å²) in [5.41, 5.74) is 2.13. The molecule has 0 aliphatic carbocycles. The molecule has 0 aliphatic heterocycles. The van der Waals surface area contributed by atoms with Crippen molar-refractivity contribution in [1.29, 1.82) is 0 Å². The Balaban J connectivity index is 2.93. The zero-order valence-corrected chi connectivity index (χ0v) is 7.26. The Labute approximate surface area is 67.9 Å². The Bertz CT molecular complexity index is 233. The summed E-state index contributed by atoms with van der Waals surface area (Å²) in [5, 5.41) is 0. The average molecular weight is 149 g/mol. The Morgan fingerprint density at radius 1 is 1.64 bits per heavy atom. The van der Waals surface area contributed by atoms with Crippen LogP contribution in [0.25, 0.3) is 0 Å². The van der Waals surface area contributed by atoms with Crippen LogP contribution in [0.4, 0.5) is 5.69 Å². The van der Waals surface area contributed by atoms with Crippen molar-refractivity contribution in [2.45, 2.75) is 13.8 Å². The molecule has 0 saturated heterocycles. The maximum absolute atomic E-state index is 4.18. The summed E-state index contributed by atoms with van der Waals surface area (Å²) in [6.07, 6.45) is 1.77. The van der Waals surface area contributed by atoms with Gasteiger partial charge in [-0.25, -0.2) is 0 Å². The molecule has 1 aromatic heterocycles. The number of pyridine rings is 1. The van der Waals surface area contributed by atoms with Crippen LogP contribution in [0.1, 0.15) is 12.6 Å². The predicted octanol–water partition coefficient (Wildman–Crippen LogP) is 1.65. The van der Waals surface area contributed by atoms with Crippen molar-refractivity contribution in [3.8, 4) is 0 Å². The summed E-state index contributed by atoms with van der Waals surface area (Å²) in [6, 6.07) is 4.99. The molecule has 1 heterocycles. The van der Waals surface area contributed by atoms with E-state index in [2.05, 4.69) is 22.9 Å². The third-order valence-corrected chi connectivity index (χ3v) is 1.76. The summed E-state index contributed by atoms with van der Waals surface area (Å²) in [5.74, 6) is 0. The van der Waals surface area contributed by atoms with E-state index in [9.17, 15) is 0 Å². The van der Waals surface area contributed by atoms with Crippen LogP contribution < -0.4 is 4.90 Å². The zero-order chi connectivity index (χ0) is 8.27. The van der Waals surface area contributed by atoms with Crippen molar-refractivity contribution < 1.29 is 0 Å². The normalized spacial score (nSPS) is 9.73. The smallest absolute Gasteiger partial charge is 0.0660 e. The van der Waals surface area contributed by atoms with Gasteiger partial charge in [-0.15, -0.1) is 0 Å². The van der Waals surface area contributed by atoms with Crippen molar-refractivity contribution in [3.05, 3.63) is 24.0 Å². The second kappa shape index (κ2) is 3.37. The van der Waals surface area contributed by atoms with Crippen LogP contribution in [0.15, 0.2) is 12.3 Å². The first-order valence-electron chi connectivity index (χ1n) is 3.80. The van der Waals surface area contributed by atoms with E-state index in [-0.39, 0.29) is 0 Å². The first-order chi connectivity index (χ1) is 5.25. The van der Waals surface area contributed by atoms with Gasteiger partial charge in [-0.05, 0) is 19.9 Å². The average Bonchev–Trinajstić information content (AvgIpc) is 2.04. The fraction of sp³-hybridized carbons (Fsp3) is 0.444. The van der Waals surface area contributed by atoms with Gasteiger partial charge in [0.2, 0.25) is 0 Å². The minimum Gasteiger partial charge on any atom is -0.373 e. The molecular formula is C9H13N2. The molecule has 0 unspecified atom stereocenters. The maximum Gasteiger partial charge on any atom is 0.0660 e. The first-order valence-corrected chi connectivity index (χ1v) is 3.80. The number of aromatic nitrogens is 1. The monoisotopic (exact) mass is 149 g/mol. The molecule has 11 heavy (non-hydrogen) atoms. The maximum atomic E-state index is 4.18. The van der Waals surface area contributed by atoms with Gasteiger partial charge in [0, 0.05) is 25.9 Å². The predicted molar refractivity (Wildman–Crippen MR) is 46.8 cm³/mol. The van der Waals surface area contributed by atoms with Gasteiger partial charge in [0.25, 0.3) is 0 Å². The molecule has 0 fully saturated rings. The summed E-state index contributed by atoms with van der Waals surface area (Å²) in [6.45, 7) is 5.10. The second-order valence-electron chi connectivity index (χ2n) is 2.54. The molecule has 0 N–H and O–H groups in total. The molecule has 2 nitrogen and oxygen atoms in total. The second-order valence-corrected chi connectivity index (χ2v) is 2.54. The van der Waals surface area contributed by atoms with Crippen molar-refractivity contribution >= 4 is 5.69 Å². The highest BCUT2D eigenvalue weighted by molar-refractivity contribution is 5.47. The van der Waals surface area contributed by atoms with Gasteiger partial charge in [-0.2, -0.15) is 0 Å². The van der Waals surface area contributed by atoms with Gasteiger partial charge in [0.1, 0.15) is 0 Å². The number of hydrogen-bond acceptors (Lipinski definition) is 2. The Morgan fingerprint density at radius 2 is 2.36 bits per heavy atom. The van der Waals surface area contributed by atoms with Crippen molar-refractivity contribution in [3.63, 3.8) is 0 Å². The van der Waals surface area contributed by atoms with E-state index in [4.69, 9.17) is 0 Å². The Morgan fingerprint density at radius 3 is 2.91 bits per heavy atom. The third-order valence-electron chi connectivity index (χ3n) is 1.76. The van der Waals surface area contributed by atoms with E-state index in [1.165, 1.54) is 0 Å². The fourth-order valence-electron chi connectivity index (χ4n) is 0.975. The van der Waals surface area contributed by atoms with Crippen LogP contribution in [-0.4, -0.2) is 18.6 Å². The third kappa shape index (κ3) is 1.70. The number of aryl methyl sites for hydroxylation is 1. The molecular weight excluding hydrogens is 136 g/mol. The van der Waals surface area contributed by atoms with Gasteiger partial charge in [0.05, 0.1) is 11.4 Å². The molecule has 0 aromatic carbocycles. The first kappa shape index (κ1) is 8.05. The lowest BCUT2D eigenvalue weighted by Gasteiger charge is -2.17. The van der Waals surface area contributed by atoms with E-state index in [1.807, 2.05) is 20.0 Å². The molecule has 0 saturated carbocycles. The minimum absolute atomic E-state index is 0.989. The lowest BCUT2D eigenvalue weighted by molar-refractivity contribution is 0.947. The minimum atomic E-state index is 0.989. The SMILES string of the molecule is CCN(C)c1[c]ccnc1C. The Hall–Kier alpha value is -1.05. The van der Waals surface area contributed by atoms with E-state index in [0.29, 0.717) is 0 Å². The van der Waals surface area contributed by atoms with Crippen LogP contribution in [0.5, 0.6) is 0 Å². The molecule has 0 atom stereocenters. The van der Waals surface area contributed by atoms with Crippen LogP contribution in [0.2, 0.25) is 0 Å².